The van der Waals surface area contributed by atoms with Gasteiger partial charge in [-0.3, -0.25) is 0 Å². The van der Waals surface area contributed by atoms with E-state index in [-0.39, 0.29) is 23.0 Å². The highest BCUT2D eigenvalue weighted by Gasteiger charge is 2.31. The van der Waals surface area contributed by atoms with Gasteiger partial charge in [-0.05, 0) is 49.2 Å². The maximum atomic E-state index is 13.4. The van der Waals surface area contributed by atoms with Crippen LogP contribution in [0.3, 0.4) is 0 Å². The first-order valence-corrected chi connectivity index (χ1v) is 11.3. The monoisotopic (exact) mass is 453 g/mol. The molecule has 4 rings (SSSR count). The highest BCUT2D eigenvalue weighted by molar-refractivity contribution is 7.89. The molecule has 7 nitrogen and oxygen atoms in total. The number of anilines is 1. The van der Waals surface area contributed by atoms with E-state index in [1.807, 2.05) is 0 Å². The number of aliphatic hydroxyl groups is 2. The summed E-state index contributed by atoms with van der Waals surface area (Å²) in [5, 5.41) is 23.7. The Morgan fingerprint density at radius 3 is 2.63 bits per heavy atom. The van der Waals surface area contributed by atoms with Crippen LogP contribution in [-0.2, 0) is 10.0 Å². The minimum atomic E-state index is -3.84. The van der Waals surface area contributed by atoms with E-state index in [2.05, 4.69) is 10.3 Å². The molecule has 0 spiro atoms. The lowest BCUT2D eigenvalue weighted by molar-refractivity contribution is 0.113. The van der Waals surface area contributed by atoms with E-state index in [0.29, 0.717) is 35.0 Å². The van der Waals surface area contributed by atoms with Gasteiger partial charge in [-0.1, -0.05) is 11.6 Å². The summed E-state index contributed by atoms with van der Waals surface area (Å²) >= 11 is 5.78. The Kier molecular flexibility index (Phi) is 5.73. The number of nitrogens with zero attached hydrogens (tertiary/aromatic N) is 1. The summed E-state index contributed by atoms with van der Waals surface area (Å²) in [6, 6.07) is 8.75. The second-order valence-corrected chi connectivity index (χ2v) is 9.59. The lowest BCUT2D eigenvalue weighted by Gasteiger charge is -2.29. The van der Waals surface area contributed by atoms with Crippen LogP contribution in [0.5, 0.6) is 0 Å². The third-order valence-electron chi connectivity index (χ3n) is 5.23. The minimum Gasteiger partial charge on any atom is -0.393 e. The summed E-state index contributed by atoms with van der Waals surface area (Å²) in [5.74, 6) is -0.578. The number of nitrogens with one attached hydrogen (secondary N) is 2. The molecule has 30 heavy (non-hydrogen) atoms. The van der Waals surface area contributed by atoms with Gasteiger partial charge in [-0.15, -0.1) is 0 Å². The van der Waals surface area contributed by atoms with Crippen molar-refractivity contribution in [3.8, 4) is 0 Å². The summed E-state index contributed by atoms with van der Waals surface area (Å²) < 4.78 is 41.3. The van der Waals surface area contributed by atoms with Crippen molar-refractivity contribution in [1.82, 2.24) is 9.29 Å². The third kappa shape index (κ3) is 4.03. The minimum absolute atomic E-state index is 0.0504. The molecule has 4 N–H and O–H groups in total. The van der Waals surface area contributed by atoms with Crippen LogP contribution in [0.25, 0.3) is 10.9 Å². The fourth-order valence-corrected chi connectivity index (χ4v) is 5.44. The number of sulfonamides is 1. The molecule has 3 aromatic rings. The molecule has 1 atom stereocenters. The molecule has 0 bridgehead atoms. The van der Waals surface area contributed by atoms with E-state index >= 15 is 0 Å². The predicted molar refractivity (Wildman–Crippen MR) is 112 cm³/mol. The van der Waals surface area contributed by atoms with Crippen molar-refractivity contribution in [2.45, 2.75) is 30.1 Å². The molecule has 1 aromatic heterocycles. The second-order valence-electron chi connectivity index (χ2n) is 7.27. The molecule has 2 heterocycles. The van der Waals surface area contributed by atoms with Gasteiger partial charge in [-0.25, -0.2) is 12.8 Å². The van der Waals surface area contributed by atoms with Crippen molar-refractivity contribution in [2.24, 2.45) is 0 Å². The van der Waals surface area contributed by atoms with Crippen molar-refractivity contribution in [3.05, 3.63) is 59.0 Å². The Morgan fingerprint density at radius 2 is 1.93 bits per heavy atom. The zero-order valence-corrected chi connectivity index (χ0v) is 17.4. The highest BCUT2D eigenvalue weighted by Crippen LogP contribution is 2.31. The maximum Gasteiger partial charge on any atom is 0.245 e. The Labute approximate surface area is 178 Å². The van der Waals surface area contributed by atoms with E-state index in [4.69, 9.17) is 11.6 Å². The molecule has 10 heteroatoms. The molecular weight excluding hydrogens is 433 g/mol. The average molecular weight is 454 g/mol. The Hall–Kier alpha value is -2.17. The van der Waals surface area contributed by atoms with Crippen molar-refractivity contribution in [3.63, 3.8) is 0 Å². The maximum absolute atomic E-state index is 13.4. The lowest BCUT2D eigenvalue weighted by Crippen LogP contribution is -2.40. The standard InChI is InChI=1S/C20H21ClFN3O4S/c21-16-11-14(1-2-17(16)22)24-20(27)13-9-12-3-6-23-19(12)18(10-13)30(28,29)25-7-4-15(26)5-8-25/h1-3,6,9-11,15,20,23-24,26-27H,4-5,7-8H2. The third-order valence-corrected chi connectivity index (χ3v) is 7.44. The van der Waals surface area contributed by atoms with Crippen LogP contribution >= 0.6 is 11.6 Å². The molecule has 1 aliphatic heterocycles. The van der Waals surface area contributed by atoms with Crippen molar-refractivity contribution >= 4 is 38.2 Å². The summed E-state index contributed by atoms with van der Waals surface area (Å²) in [7, 11) is -3.84. The molecule has 0 aliphatic carbocycles. The van der Waals surface area contributed by atoms with Gasteiger partial charge in [0.05, 0.1) is 16.6 Å². The molecule has 1 saturated heterocycles. The number of benzene rings is 2. The molecule has 1 fully saturated rings. The predicted octanol–water partition coefficient (Wildman–Crippen LogP) is 3.21. The van der Waals surface area contributed by atoms with Gasteiger partial charge in [0.2, 0.25) is 10.0 Å². The highest BCUT2D eigenvalue weighted by atomic mass is 35.5. The van der Waals surface area contributed by atoms with E-state index in [1.54, 1.807) is 18.3 Å². The zero-order chi connectivity index (χ0) is 21.5. The first-order valence-electron chi connectivity index (χ1n) is 9.44. The van der Waals surface area contributed by atoms with E-state index in [9.17, 15) is 23.0 Å². The zero-order valence-electron chi connectivity index (χ0n) is 15.8. The number of halogens is 2. The Bertz CT molecular complexity index is 1180. The summed E-state index contributed by atoms with van der Waals surface area (Å²) in [6.45, 7) is 0.454. The van der Waals surface area contributed by atoms with E-state index in [0.717, 1.165) is 0 Å². The Balaban J connectivity index is 1.69. The molecular formula is C20H21ClFN3O4S. The lowest BCUT2D eigenvalue weighted by atomic mass is 10.1. The van der Waals surface area contributed by atoms with Crippen molar-refractivity contribution in [2.75, 3.05) is 18.4 Å². The van der Waals surface area contributed by atoms with Gasteiger partial charge >= 0.3 is 0 Å². The van der Waals surface area contributed by atoms with Crippen LogP contribution in [0.4, 0.5) is 10.1 Å². The van der Waals surface area contributed by atoms with Gasteiger partial charge in [0.1, 0.15) is 10.7 Å². The van der Waals surface area contributed by atoms with Crippen LogP contribution in [0.15, 0.2) is 47.5 Å². The quantitative estimate of drug-likeness (QED) is 0.444. The number of H-pyrrole nitrogens is 1. The molecule has 0 amide bonds. The number of hydrogen-bond acceptors (Lipinski definition) is 5. The molecule has 1 aliphatic rings. The number of hydrogen-bond donors (Lipinski definition) is 4. The van der Waals surface area contributed by atoms with Gasteiger partial charge in [0, 0.05) is 35.9 Å². The fourth-order valence-electron chi connectivity index (χ4n) is 3.57. The van der Waals surface area contributed by atoms with Crippen LogP contribution in [0, 0.1) is 5.82 Å². The van der Waals surface area contributed by atoms with Crippen LogP contribution in [0.1, 0.15) is 24.6 Å². The number of fused-ring (bicyclic) bond motifs is 1. The van der Waals surface area contributed by atoms with Crippen LogP contribution < -0.4 is 5.32 Å². The number of rotatable bonds is 5. The van der Waals surface area contributed by atoms with Gasteiger partial charge < -0.3 is 20.5 Å². The summed E-state index contributed by atoms with van der Waals surface area (Å²) in [6.07, 6.45) is 0.641. The first-order chi connectivity index (χ1) is 14.3. The normalized spacial score (nSPS) is 17.3. The first kappa shape index (κ1) is 21.1. The smallest absolute Gasteiger partial charge is 0.245 e. The van der Waals surface area contributed by atoms with Crippen molar-refractivity contribution < 1.29 is 23.0 Å². The average Bonchev–Trinajstić information content (AvgIpc) is 3.19. The molecule has 1 unspecified atom stereocenters. The van der Waals surface area contributed by atoms with Gasteiger partial charge in [-0.2, -0.15) is 4.31 Å². The number of piperidine rings is 1. The van der Waals surface area contributed by atoms with Gasteiger partial charge in [0.15, 0.2) is 6.23 Å². The molecule has 160 valence electrons. The van der Waals surface area contributed by atoms with Gasteiger partial charge in [0.25, 0.3) is 0 Å². The fraction of sp³-hybridized carbons (Fsp3) is 0.300. The largest absolute Gasteiger partial charge is 0.393 e. The number of aliphatic hydroxyl groups excluding tert-OH is 2. The van der Waals surface area contributed by atoms with E-state index in [1.165, 1.54) is 28.6 Å². The molecule has 0 saturated carbocycles. The Morgan fingerprint density at radius 1 is 1.20 bits per heavy atom. The summed E-state index contributed by atoms with van der Waals surface area (Å²) in [5.41, 5.74) is 1.16. The van der Waals surface area contributed by atoms with E-state index < -0.39 is 28.2 Å². The van der Waals surface area contributed by atoms with Crippen molar-refractivity contribution in [1.29, 1.82) is 0 Å². The van der Waals surface area contributed by atoms with Crippen LogP contribution in [-0.4, -0.2) is 47.1 Å². The molecule has 0 radical (unpaired) electrons. The van der Waals surface area contributed by atoms with Crippen LogP contribution in [0.2, 0.25) is 5.02 Å². The molecule has 2 aromatic carbocycles. The number of aromatic nitrogens is 1. The topological polar surface area (TPSA) is 106 Å². The summed E-state index contributed by atoms with van der Waals surface area (Å²) in [4.78, 5) is 3.01. The SMILES string of the molecule is O=S(=O)(c1cc(C(O)Nc2ccc(F)c(Cl)c2)cc2cc[nH]c12)N1CCC(O)CC1. The second kappa shape index (κ2) is 8.16. The number of aromatic amines is 1.